The molecule has 0 aromatic carbocycles. The molecule has 2 fully saturated rings. The van der Waals surface area contributed by atoms with Crippen molar-refractivity contribution >= 4 is 0 Å². The Labute approximate surface area is 61.5 Å². The molecule has 0 bridgehead atoms. The van der Waals surface area contributed by atoms with E-state index in [1.54, 1.807) is 0 Å². The average Bonchev–Trinajstić information content (AvgIpc) is 2.74. The van der Waals surface area contributed by atoms with Crippen molar-refractivity contribution in [3.63, 3.8) is 0 Å². The van der Waals surface area contributed by atoms with E-state index in [0.717, 1.165) is 19.6 Å². The van der Waals surface area contributed by atoms with Crippen LogP contribution < -0.4 is 0 Å². The fourth-order valence-corrected chi connectivity index (χ4v) is 1.49. The van der Waals surface area contributed by atoms with Crippen molar-refractivity contribution < 1.29 is 9.47 Å². The summed E-state index contributed by atoms with van der Waals surface area (Å²) in [5, 5.41) is 0. The second kappa shape index (κ2) is 2.89. The molecule has 2 heteroatoms. The van der Waals surface area contributed by atoms with Crippen LogP contribution in [0.5, 0.6) is 0 Å². The normalized spacial score (nSPS) is 39.6. The molecule has 2 rings (SSSR count). The van der Waals surface area contributed by atoms with E-state index in [1.807, 2.05) is 0 Å². The lowest BCUT2D eigenvalue weighted by Crippen LogP contribution is -2.20. The molecule has 1 unspecified atom stereocenters. The first-order valence-electron chi connectivity index (χ1n) is 4.18. The highest BCUT2D eigenvalue weighted by Crippen LogP contribution is 2.23. The molecule has 0 radical (unpaired) electrons. The number of rotatable bonds is 2. The molecule has 0 saturated carbocycles. The second-order valence-electron chi connectivity index (χ2n) is 3.18. The van der Waals surface area contributed by atoms with Gasteiger partial charge in [0.2, 0.25) is 0 Å². The minimum Gasteiger partial charge on any atom is -0.378 e. The minimum absolute atomic E-state index is 0.515. The predicted octanol–water partition coefficient (Wildman–Crippen LogP) is 1.34. The first kappa shape index (κ1) is 6.62. The van der Waals surface area contributed by atoms with Crippen molar-refractivity contribution in [1.29, 1.82) is 0 Å². The summed E-state index contributed by atoms with van der Waals surface area (Å²) < 4.78 is 10.7. The Kier molecular flexibility index (Phi) is 1.91. The van der Waals surface area contributed by atoms with Crippen molar-refractivity contribution in [2.24, 2.45) is 0 Å². The Balaban J connectivity index is 1.69. The lowest BCUT2D eigenvalue weighted by molar-refractivity contribution is 0.00713. The first-order valence-corrected chi connectivity index (χ1v) is 4.18. The fraction of sp³-hybridized carbons (Fsp3) is 1.00. The molecule has 0 aromatic heterocycles. The zero-order valence-corrected chi connectivity index (χ0v) is 6.21. The van der Waals surface area contributed by atoms with Gasteiger partial charge < -0.3 is 9.47 Å². The SMILES string of the molecule is C1CCC(C[C@@H]2CO2)OC1. The average molecular weight is 142 g/mol. The highest BCUT2D eigenvalue weighted by molar-refractivity contribution is 4.75. The summed E-state index contributed by atoms with van der Waals surface area (Å²) in [7, 11) is 0. The van der Waals surface area contributed by atoms with Gasteiger partial charge in [-0.15, -0.1) is 0 Å². The van der Waals surface area contributed by atoms with Crippen LogP contribution in [0.2, 0.25) is 0 Å². The summed E-state index contributed by atoms with van der Waals surface area (Å²) in [6, 6.07) is 0. The highest BCUT2D eigenvalue weighted by Gasteiger charge is 2.27. The van der Waals surface area contributed by atoms with Crippen LogP contribution in [0, 0.1) is 0 Å². The molecule has 0 N–H and O–H groups in total. The quantitative estimate of drug-likeness (QED) is 0.543. The second-order valence-corrected chi connectivity index (χ2v) is 3.18. The first-order chi connectivity index (χ1) is 4.95. The maximum absolute atomic E-state index is 5.55. The molecule has 2 aliphatic heterocycles. The molecule has 58 valence electrons. The number of ether oxygens (including phenoxy) is 2. The van der Waals surface area contributed by atoms with E-state index in [1.165, 1.54) is 19.3 Å². The predicted molar refractivity (Wildman–Crippen MR) is 37.9 cm³/mol. The maximum Gasteiger partial charge on any atom is 0.0834 e. The van der Waals surface area contributed by atoms with Gasteiger partial charge in [-0.25, -0.2) is 0 Å². The van der Waals surface area contributed by atoms with Crippen LogP contribution in [0.25, 0.3) is 0 Å². The summed E-state index contributed by atoms with van der Waals surface area (Å²) in [5.41, 5.74) is 0. The summed E-state index contributed by atoms with van der Waals surface area (Å²) in [6.07, 6.45) is 6.04. The summed E-state index contributed by atoms with van der Waals surface area (Å²) in [6.45, 7) is 1.94. The molecule has 2 nitrogen and oxygen atoms in total. The third kappa shape index (κ3) is 1.70. The van der Waals surface area contributed by atoms with E-state index in [9.17, 15) is 0 Å². The molecular weight excluding hydrogens is 128 g/mol. The van der Waals surface area contributed by atoms with E-state index in [-0.39, 0.29) is 0 Å². The molecule has 2 heterocycles. The minimum atomic E-state index is 0.515. The van der Waals surface area contributed by atoms with Gasteiger partial charge in [-0.2, -0.15) is 0 Å². The molecule has 10 heavy (non-hydrogen) atoms. The molecule has 2 saturated heterocycles. The van der Waals surface area contributed by atoms with E-state index in [4.69, 9.17) is 9.47 Å². The summed E-state index contributed by atoms with van der Waals surface area (Å²) >= 11 is 0. The number of hydrogen-bond donors (Lipinski definition) is 0. The standard InChI is InChI=1S/C8H14O2/c1-2-4-9-7(3-1)5-8-6-10-8/h7-8H,1-6H2/t7?,8-/m1/s1. The van der Waals surface area contributed by atoms with Crippen LogP contribution >= 0.6 is 0 Å². The molecule has 0 aromatic rings. The smallest absolute Gasteiger partial charge is 0.0834 e. The molecular formula is C8H14O2. The van der Waals surface area contributed by atoms with Crippen molar-refractivity contribution in [2.45, 2.75) is 37.9 Å². The summed E-state index contributed by atoms with van der Waals surface area (Å²) in [4.78, 5) is 0. The Morgan fingerprint density at radius 1 is 1.10 bits per heavy atom. The Morgan fingerprint density at radius 2 is 2.00 bits per heavy atom. The van der Waals surface area contributed by atoms with Crippen LogP contribution in [0.4, 0.5) is 0 Å². The molecule has 0 amide bonds. The van der Waals surface area contributed by atoms with Crippen LogP contribution in [0.3, 0.4) is 0 Å². The van der Waals surface area contributed by atoms with Crippen molar-refractivity contribution in [2.75, 3.05) is 13.2 Å². The third-order valence-electron chi connectivity index (χ3n) is 2.20. The Morgan fingerprint density at radius 3 is 2.60 bits per heavy atom. The maximum atomic E-state index is 5.55. The number of epoxide rings is 1. The lowest BCUT2D eigenvalue weighted by Gasteiger charge is -2.21. The summed E-state index contributed by atoms with van der Waals surface area (Å²) in [5.74, 6) is 0. The van der Waals surface area contributed by atoms with Gasteiger partial charge in [-0.05, 0) is 19.3 Å². The van der Waals surface area contributed by atoms with E-state index in [2.05, 4.69) is 0 Å². The molecule has 0 spiro atoms. The molecule has 2 aliphatic rings. The third-order valence-corrected chi connectivity index (χ3v) is 2.20. The zero-order chi connectivity index (χ0) is 6.81. The Hall–Kier alpha value is -0.0800. The highest BCUT2D eigenvalue weighted by atomic mass is 16.6. The van der Waals surface area contributed by atoms with Crippen molar-refractivity contribution in [3.05, 3.63) is 0 Å². The lowest BCUT2D eigenvalue weighted by atomic mass is 10.1. The zero-order valence-electron chi connectivity index (χ0n) is 6.21. The van der Waals surface area contributed by atoms with Crippen molar-refractivity contribution in [3.8, 4) is 0 Å². The van der Waals surface area contributed by atoms with Gasteiger partial charge in [-0.3, -0.25) is 0 Å². The van der Waals surface area contributed by atoms with Gasteiger partial charge in [0.1, 0.15) is 0 Å². The molecule has 0 aliphatic carbocycles. The van der Waals surface area contributed by atoms with Crippen LogP contribution in [0.1, 0.15) is 25.7 Å². The van der Waals surface area contributed by atoms with Crippen molar-refractivity contribution in [1.82, 2.24) is 0 Å². The van der Waals surface area contributed by atoms with E-state index >= 15 is 0 Å². The van der Waals surface area contributed by atoms with Crippen LogP contribution in [-0.2, 0) is 9.47 Å². The number of hydrogen-bond acceptors (Lipinski definition) is 2. The van der Waals surface area contributed by atoms with Gasteiger partial charge in [0.25, 0.3) is 0 Å². The topological polar surface area (TPSA) is 21.8 Å². The van der Waals surface area contributed by atoms with Gasteiger partial charge in [0.05, 0.1) is 18.8 Å². The fourth-order valence-electron chi connectivity index (χ4n) is 1.49. The van der Waals surface area contributed by atoms with E-state index < -0.39 is 0 Å². The van der Waals surface area contributed by atoms with Crippen LogP contribution in [0.15, 0.2) is 0 Å². The Bertz CT molecular complexity index is 104. The molecule has 2 atom stereocenters. The van der Waals surface area contributed by atoms with Gasteiger partial charge in [0.15, 0.2) is 0 Å². The van der Waals surface area contributed by atoms with Gasteiger partial charge >= 0.3 is 0 Å². The van der Waals surface area contributed by atoms with Gasteiger partial charge in [0, 0.05) is 13.0 Å². The largest absolute Gasteiger partial charge is 0.378 e. The monoisotopic (exact) mass is 142 g/mol. The van der Waals surface area contributed by atoms with E-state index in [0.29, 0.717) is 12.2 Å². The van der Waals surface area contributed by atoms with Crippen LogP contribution in [-0.4, -0.2) is 25.4 Å². The van der Waals surface area contributed by atoms with Gasteiger partial charge in [-0.1, -0.05) is 0 Å².